The first kappa shape index (κ1) is 18.6. The highest BCUT2D eigenvalue weighted by molar-refractivity contribution is 7.86. The van der Waals surface area contributed by atoms with E-state index in [0.29, 0.717) is 24.8 Å². The van der Waals surface area contributed by atoms with E-state index in [0.717, 1.165) is 12.0 Å². The van der Waals surface area contributed by atoms with E-state index in [1.807, 2.05) is 20.8 Å². The molecule has 4 nitrogen and oxygen atoms in total. The van der Waals surface area contributed by atoms with E-state index in [1.165, 1.54) is 12.1 Å². The number of nitrogens with zero attached hydrogens (tertiary/aromatic N) is 1. The summed E-state index contributed by atoms with van der Waals surface area (Å²) in [6.07, 6.45) is 0.787. The molecule has 1 atom stereocenters. The van der Waals surface area contributed by atoms with Gasteiger partial charge in [-0.15, -0.1) is 0 Å². The summed E-state index contributed by atoms with van der Waals surface area (Å²) < 4.78 is 24.6. The Balaban J connectivity index is 2.28. The molecule has 2 N–H and O–H groups in total. The highest BCUT2D eigenvalue weighted by Crippen LogP contribution is 2.10. The Morgan fingerprint density at radius 3 is 2.32 bits per heavy atom. The predicted molar refractivity (Wildman–Crippen MR) is 92.2 cm³/mol. The summed E-state index contributed by atoms with van der Waals surface area (Å²) >= 11 is 0. The summed E-state index contributed by atoms with van der Waals surface area (Å²) in [7, 11) is 0.828. The molecule has 1 rings (SSSR count). The van der Waals surface area contributed by atoms with Gasteiger partial charge >= 0.3 is 0 Å². The van der Waals surface area contributed by atoms with Gasteiger partial charge in [0.25, 0.3) is 0 Å². The van der Waals surface area contributed by atoms with Crippen LogP contribution in [-0.4, -0.2) is 40.8 Å². The minimum absolute atomic E-state index is 0.193. The first-order valence-corrected chi connectivity index (χ1v) is 8.72. The SMILES string of the molecule is CN=C(NCCc1ccc(F)cc1)NCCS(=O)C(C)(C)C. The first-order chi connectivity index (χ1) is 10.3. The Kier molecular flexibility index (Phi) is 7.51. The lowest BCUT2D eigenvalue weighted by Crippen LogP contribution is -2.41. The fourth-order valence-electron chi connectivity index (χ4n) is 1.77. The molecule has 1 unspecified atom stereocenters. The topological polar surface area (TPSA) is 53.5 Å². The van der Waals surface area contributed by atoms with Gasteiger partial charge in [-0.2, -0.15) is 0 Å². The van der Waals surface area contributed by atoms with Crippen molar-refractivity contribution in [1.29, 1.82) is 0 Å². The molecular weight excluding hydrogens is 301 g/mol. The van der Waals surface area contributed by atoms with E-state index in [2.05, 4.69) is 15.6 Å². The van der Waals surface area contributed by atoms with Crippen LogP contribution in [0, 0.1) is 5.82 Å². The van der Waals surface area contributed by atoms with Gasteiger partial charge in [-0.05, 0) is 44.9 Å². The lowest BCUT2D eigenvalue weighted by atomic mass is 10.1. The van der Waals surface area contributed by atoms with E-state index in [1.54, 1.807) is 19.2 Å². The molecule has 0 aromatic heterocycles. The average Bonchev–Trinajstić information content (AvgIpc) is 2.46. The molecule has 0 heterocycles. The zero-order valence-electron chi connectivity index (χ0n) is 13.8. The van der Waals surface area contributed by atoms with Crippen molar-refractivity contribution >= 4 is 16.8 Å². The lowest BCUT2D eigenvalue weighted by molar-refractivity contribution is 0.626. The summed E-state index contributed by atoms with van der Waals surface area (Å²) in [6.45, 7) is 7.23. The monoisotopic (exact) mass is 327 g/mol. The zero-order chi connectivity index (χ0) is 16.6. The van der Waals surface area contributed by atoms with Gasteiger partial charge in [-0.3, -0.25) is 9.20 Å². The maximum Gasteiger partial charge on any atom is 0.191 e. The highest BCUT2D eigenvalue weighted by atomic mass is 32.2. The molecule has 124 valence electrons. The van der Waals surface area contributed by atoms with Crippen molar-refractivity contribution < 1.29 is 8.60 Å². The number of halogens is 1. The second kappa shape index (κ2) is 8.88. The van der Waals surface area contributed by atoms with Crippen LogP contribution < -0.4 is 10.6 Å². The van der Waals surface area contributed by atoms with Gasteiger partial charge in [0.05, 0.1) is 0 Å². The van der Waals surface area contributed by atoms with Crippen molar-refractivity contribution in [1.82, 2.24) is 10.6 Å². The maximum absolute atomic E-state index is 12.8. The van der Waals surface area contributed by atoms with Crippen molar-refractivity contribution in [2.75, 3.05) is 25.9 Å². The number of benzene rings is 1. The van der Waals surface area contributed by atoms with Crippen LogP contribution in [0.4, 0.5) is 4.39 Å². The highest BCUT2D eigenvalue weighted by Gasteiger charge is 2.18. The van der Waals surface area contributed by atoms with Gasteiger partial charge in [0.15, 0.2) is 5.96 Å². The molecule has 0 saturated carbocycles. The van der Waals surface area contributed by atoms with Crippen molar-refractivity contribution in [3.05, 3.63) is 35.6 Å². The molecule has 0 amide bonds. The smallest absolute Gasteiger partial charge is 0.191 e. The molecule has 0 aliphatic heterocycles. The van der Waals surface area contributed by atoms with Crippen LogP contribution in [-0.2, 0) is 17.2 Å². The number of aliphatic imine (C=N–C) groups is 1. The maximum atomic E-state index is 12.8. The largest absolute Gasteiger partial charge is 0.356 e. The molecule has 0 aliphatic rings. The van der Waals surface area contributed by atoms with Crippen molar-refractivity contribution in [2.24, 2.45) is 4.99 Å². The molecule has 0 spiro atoms. The van der Waals surface area contributed by atoms with Crippen LogP contribution in [0.2, 0.25) is 0 Å². The van der Waals surface area contributed by atoms with Crippen LogP contribution in [0.25, 0.3) is 0 Å². The van der Waals surface area contributed by atoms with Crippen molar-refractivity contribution in [3.63, 3.8) is 0 Å². The molecule has 1 aromatic carbocycles. The molecule has 6 heteroatoms. The second-order valence-corrected chi connectivity index (χ2v) is 8.29. The molecule has 0 saturated heterocycles. The number of nitrogens with one attached hydrogen (secondary N) is 2. The third-order valence-electron chi connectivity index (χ3n) is 3.11. The number of hydrogen-bond acceptors (Lipinski definition) is 2. The quantitative estimate of drug-likeness (QED) is 0.621. The Morgan fingerprint density at radius 1 is 1.18 bits per heavy atom. The molecule has 1 aromatic rings. The fraction of sp³-hybridized carbons (Fsp3) is 0.562. The zero-order valence-corrected chi connectivity index (χ0v) is 14.6. The average molecular weight is 327 g/mol. The van der Waals surface area contributed by atoms with Crippen LogP contribution in [0.5, 0.6) is 0 Å². The van der Waals surface area contributed by atoms with Gasteiger partial charge in [0, 0.05) is 41.4 Å². The Labute approximate surface area is 135 Å². The lowest BCUT2D eigenvalue weighted by Gasteiger charge is -2.18. The minimum atomic E-state index is -0.874. The van der Waals surface area contributed by atoms with Gasteiger partial charge in [0.1, 0.15) is 5.82 Å². The van der Waals surface area contributed by atoms with Crippen molar-refractivity contribution in [3.8, 4) is 0 Å². The first-order valence-electron chi connectivity index (χ1n) is 7.40. The number of hydrogen-bond donors (Lipinski definition) is 2. The molecule has 0 radical (unpaired) electrons. The van der Waals surface area contributed by atoms with E-state index >= 15 is 0 Å². The molecule has 0 fully saturated rings. The molecular formula is C16H26FN3OS. The predicted octanol–water partition coefficient (Wildman–Crippen LogP) is 2.08. The second-order valence-electron chi connectivity index (χ2n) is 5.96. The summed E-state index contributed by atoms with van der Waals surface area (Å²) in [5, 5.41) is 6.34. The van der Waals surface area contributed by atoms with Gasteiger partial charge in [-0.25, -0.2) is 4.39 Å². The summed E-state index contributed by atoms with van der Waals surface area (Å²) in [6, 6.07) is 6.48. The number of guanidine groups is 1. The van der Waals surface area contributed by atoms with Crippen LogP contribution in [0.15, 0.2) is 29.3 Å². The summed E-state index contributed by atoms with van der Waals surface area (Å²) in [5.41, 5.74) is 1.07. The summed E-state index contributed by atoms with van der Waals surface area (Å²) in [5.74, 6) is 1.05. The van der Waals surface area contributed by atoms with Crippen LogP contribution in [0.3, 0.4) is 0 Å². The Morgan fingerprint density at radius 2 is 1.77 bits per heavy atom. The van der Waals surface area contributed by atoms with Crippen LogP contribution in [0.1, 0.15) is 26.3 Å². The van der Waals surface area contributed by atoms with Gasteiger partial charge in [0.2, 0.25) is 0 Å². The fourth-order valence-corrected chi connectivity index (χ4v) is 2.67. The van der Waals surface area contributed by atoms with Crippen LogP contribution >= 0.6 is 0 Å². The molecule has 0 bridgehead atoms. The minimum Gasteiger partial charge on any atom is -0.356 e. The van der Waals surface area contributed by atoms with E-state index in [-0.39, 0.29) is 10.6 Å². The standard InChI is InChI=1S/C16H26FN3OS/c1-16(2,3)22(21)12-11-20-15(18-4)19-10-9-13-5-7-14(17)8-6-13/h5-8H,9-12H2,1-4H3,(H2,18,19,20). The van der Waals surface area contributed by atoms with E-state index in [4.69, 9.17) is 0 Å². The summed E-state index contributed by atoms with van der Waals surface area (Å²) in [4.78, 5) is 4.13. The number of rotatable bonds is 6. The third-order valence-corrected chi connectivity index (χ3v) is 5.05. The van der Waals surface area contributed by atoms with Crippen molar-refractivity contribution in [2.45, 2.75) is 31.9 Å². The van der Waals surface area contributed by atoms with E-state index < -0.39 is 10.8 Å². The normalized spacial score (nSPS) is 13.8. The van der Waals surface area contributed by atoms with Gasteiger partial charge < -0.3 is 10.6 Å². The molecule has 22 heavy (non-hydrogen) atoms. The Hall–Kier alpha value is -1.43. The Bertz CT molecular complexity index is 509. The third kappa shape index (κ3) is 7.02. The van der Waals surface area contributed by atoms with E-state index in [9.17, 15) is 8.60 Å². The molecule has 0 aliphatic carbocycles. The van der Waals surface area contributed by atoms with Gasteiger partial charge in [-0.1, -0.05) is 12.1 Å².